The molecular formula is C24H24N2O4. The first-order valence-corrected chi connectivity index (χ1v) is 10.0. The fourth-order valence-corrected chi connectivity index (χ4v) is 3.60. The van der Waals surface area contributed by atoms with Crippen LogP contribution in [0.2, 0.25) is 0 Å². The number of nitrogens with one attached hydrogen (secondary N) is 1. The second-order valence-electron chi connectivity index (χ2n) is 7.19. The number of nitrogens with zero attached hydrogens (tertiary/aromatic N) is 1. The van der Waals surface area contributed by atoms with Gasteiger partial charge in [-0.25, -0.2) is 0 Å². The van der Waals surface area contributed by atoms with E-state index in [1.807, 2.05) is 67.6 Å². The number of carbonyl (C=O) groups excluding carboxylic acids is 2. The van der Waals surface area contributed by atoms with Crippen molar-refractivity contribution in [2.24, 2.45) is 0 Å². The van der Waals surface area contributed by atoms with Crippen LogP contribution in [0.5, 0.6) is 11.5 Å². The van der Waals surface area contributed by atoms with Crippen LogP contribution in [0.15, 0.2) is 60.7 Å². The maximum Gasteiger partial charge on any atom is 0.242 e. The summed E-state index contributed by atoms with van der Waals surface area (Å²) in [5.74, 6) is 1.12. The standard InChI is InChI=1S/C24H24N2O4/c1-2-26(15-17-10-11-21-22(12-17)30-16-29-21)24(28)14-25-23(27)13-19-8-5-7-18-6-3-4-9-20(18)19/h3-12H,2,13-16H2,1H3,(H,25,27). The van der Waals surface area contributed by atoms with Gasteiger partial charge in [0.2, 0.25) is 18.6 Å². The summed E-state index contributed by atoms with van der Waals surface area (Å²) >= 11 is 0. The predicted molar refractivity (Wildman–Crippen MR) is 114 cm³/mol. The Morgan fingerprint density at radius 1 is 1.00 bits per heavy atom. The third-order valence-corrected chi connectivity index (χ3v) is 5.21. The lowest BCUT2D eigenvalue weighted by atomic mass is 10.0. The van der Waals surface area contributed by atoms with Crippen molar-refractivity contribution in [3.05, 3.63) is 71.8 Å². The average molecular weight is 404 g/mol. The molecule has 6 heteroatoms. The van der Waals surface area contributed by atoms with Crippen LogP contribution in [-0.2, 0) is 22.6 Å². The van der Waals surface area contributed by atoms with Gasteiger partial charge in [-0.3, -0.25) is 9.59 Å². The Kier molecular flexibility index (Phi) is 5.84. The zero-order chi connectivity index (χ0) is 20.9. The molecule has 0 aliphatic carbocycles. The van der Waals surface area contributed by atoms with Gasteiger partial charge in [0.1, 0.15) is 0 Å². The zero-order valence-corrected chi connectivity index (χ0v) is 16.9. The Morgan fingerprint density at radius 3 is 2.67 bits per heavy atom. The van der Waals surface area contributed by atoms with Crippen molar-refractivity contribution in [2.75, 3.05) is 19.9 Å². The Morgan fingerprint density at radius 2 is 1.80 bits per heavy atom. The van der Waals surface area contributed by atoms with Gasteiger partial charge in [-0.15, -0.1) is 0 Å². The monoisotopic (exact) mass is 404 g/mol. The quantitative estimate of drug-likeness (QED) is 0.656. The molecule has 30 heavy (non-hydrogen) atoms. The summed E-state index contributed by atoms with van der Waals surface area (Å²) in [5.41, 5.74) is 1.90. The molecule has 0 aromatic heterocycles. The second kappa shape index (κ2) is 8.86. The molecule has 2 amide bonds. The lowest BCUT2D eigenvalue weighted by Gasteiger charge is -2.21. The maximum atomic E-state index is 12.6. The number of rotatable bonds is 7. The van der Waals surface area contributed by atoms with Crippen molar-refractivity contribution >= 4 is 22.6 Å². The normalized spacial score (nSPS) is 12.0. The number of fused-ring (bicyclic) bond motifs is 2. The molecule has 1 heterocycles. The van der Waals surface area contributed by atoms with Crippen molar-refractivity contribution in [1.82, 2.24) is 10.2 Å². The number of benzene rings is 3. The highest BCUT2D eigenvalue weighted by Gasteiger charge is 2.17. The van der Waals surface area contributed by atoms with Crippen molar-refractivity contribution < 1.29 is 19.1 Å². The molecule has 3 aromatic rings. The van der Waals surface area contributed by atoms with Crippen LogP contribution in [0.4, 0.5) is 0 Å². The Hall–Kier alpha value is -3.54. The SMILES string of the molecule is CCN(Cc1ccc2c(c1)OCO2)C(=O)CNC(=O)Cc1cccc2ccccc12. The number of hydrogen-bond donors (Lipinski definition) is 1. The summed E-state index contributed by atoms with van der Waals surface area (Å²) in [6, 6.07) is 19.5. The molecule has 0 bridgehead atoms. The molecule has 0 fully saturated rings. The average Bonchev–Trinajstić information content (AvgIpc) is 3.24. The molecule has 1 N–H and O–H groups in total. The molecule has 0 saturated carbocycles. The zero-order valence-electron chi connectivity index (χ0n) is 16.9. The van der Waals surface area contributed by atoms with Crippen LogP contribution >= 0.6 is 0 Å². The Balaban J connectivity index is 1.34. The van der Waals surface area contributed by atoms with Crippen molar-refractivity contribution in [1.29, 1.82) is 0 Å². The molecule has 0 saturated heterocycles. The minimum absolute atomic E-state index is 0.0258. The smallest absolute Gasteiger partial charge is 0.242 e. The summed E-state index contributed by atoms with van der Waals surface area (Å²) < 4.78 is 10.7. The molecule has 1 aliphatic heterocycles. The van der Waals surface area contributed by atoms with Gasteiger partial charge in [0.25, 0.3) is 0 Å². The van der Waals surface area contributed by atoms with Crippen molar-refractivity contribution in [3.8, 4) is 11.5 Å². The van der Waals surface area contributed by atoms with Gasteiger partial charge >= 0.3 is 0 Å². The van der Waals surface area contributed by atoms with Crippen LogP contribution in [0.3, 0.4) is 0 Å². The summed E-state index contributed by atoms with van der Waals surface area (Å²) in [6.45, 7) is 3.11. The lowest BCUT2D eigenvalue weighted by Crippen LogP contribution is -2.40. The van der Waals surface area contributed by atoms with E-state index in [1.54, 1.807) is 4.90 Å². The highest BCUT2D eigenvalue weighted by atomic mass is 16.7. The number of amides is 2. The molecule has 0 atom stereocenters. The van der Waals surface area contributed by atoms with Gasteiger partial charge in [-0.2, -0.15) is 0 Å². The van der Waals surface area contributed by atoms with E-state index < -0.39 is 0 Å². The summed E-state index contributed by atoms with van der Waals surface area (Å²) in [5, 5.41) is 4.92. The van der Waals surface area contributed by atoms with Crippen molar-refractivity contribution in [2.45, 2.75) is 19.9 Å². The molecule has 0 radical (unpaired) electrons. The Labute approximate surface area is 175 Å². The van der Waals surface area contributed by atoms with E-state index in [9.17, 15) is 9.59 Å². The Bertz CT molecular complexity index is 1070. The van der Waals surface area contributed by atoms with Crippen LogP contribution in [-0.4, -0.2) is 36.6 Å². The fraction of sp³-hybridized carbons (Fsp3) is 0.250. The first kappa shape index (κ1) is 19.8. The van der Waals surface area contributed by atoms with Gasteiger partial charge in [0.05, 0.1) is 13.0 Å². The highest BCUT2D eigenvalue weighted by Crippen LogP contribution is 2.32. The topological polar surface area (TPSA) is 67.9 Å². The van der Waals surface area contributed by atoms with E-state index in [0.717, 1.165) is 21.9 Å². The summed E-state index contributed by atoms with van der Waals surface area (Å²) in [4.78, 5) is 26.8. The van der Waals surface area contributed by atoms with E-state index in [1.165, 1.54) is 0 Å². The first-order chi connectivity index (χ1) is 14.6. The number of hydrogen-bond acceptors (Lipinski definition) is 4. The molecule has 1 aliphatic rings. The van der Waals surface area contributed by atoms with Crippen LogP contribution in [0, 0.1) is 0 Å². The van der Waals surface area contributed by atoms with Gasteiger partial charge in [0.15, 0.2) is 11.5 Å². The van der Waals surface area contributed by atoms with E-state index in [4.69, 9.17) is 9.47 Å². The van der Waals surface area contributed by atoms with Crippen LogP contribution in [0.1, 0.15) is 18.1 Å². The second-order valence-corrected chi connectivity index (χ2v) is 7.19. The third-order valence-electron chi connectivity index (χ3n) is 5.21. The highest BCUT2D eigenvalue weighted by molar-refractivity contribution is 5.91. The third kappa shape index (κ3) is 4.38. The molecule has 6 nitrogen and oxygen atoms in total. The summed E-state index contributed by atoms with van der Waals surface area (Å²) in [7, 11) is 0. The lowest BCUT2D eigenvalue weighted by molar-refractivity contribution is -0.133. The van der Waals surface area contributed by atoms with Crippen LogP contribution in [0.25, 0.3) is 10.8 Å². The summed E-state index contributed by atoms with van der Waals surface area (Å²) in [6.07, 6.45) is 0.239. The molecule has 154 valence electrons. The fourth-order valence-electron chi connectivity index (χ4n) is 3.60. The molecule has 0 unspecified atom stereocenters. The number of carbonyl (C=O) groups is 2. The van der Waals surface area contributed by atoms with Crippen LogP contribution < -0.4 is 14.8 Å². The maximum absolute atomic E-state index is 12.6. The van der Waals surface area contributed by atoms with Gasteiger partial charge < -0.3 is 19.7 Å². The van der Waals surface area contributed by atoms with Gasteiger partial charge in [-0.1, -0.05) is 48.5 Å². The van der Waals surface area contributed by atoms with Gasteiger partial charge in [0, 0.05) is 13.1 Å². The molecule has 3 aromatic carbocycles. The number of ether oxygens (including phenoxy) is 2. The molecular weight excluding hydrogens is 380 g/mol. The van der Waals surface area contributed by atoms with E-state index in [0.29, 0.717) is 24.6 Å². The minimum atomic E-state index is -0.168. The van der Waals surface area contributed by atoms with E-state index in [-0.39, 0.29) is 31.6 Å². The molecule has 0 spiro atoms. The van der Waals surface area contributed by atoms with E-state index in [2.05, 4.69) is 5.32 Å². The predicted octanol–water partition coefficient (Wildman–Crippen LogP) is 3.28. The van der Waals surface area contributed by atoms with E-state index >= 15 is 0 Å². The largest absolute Gasteiger partial charge is 0.454 e. The van der Waals surface area contributed by atoms with Gasteiger partial charge in [-0.05, 0) is 41.0 Å². The van der Waals surface area contributed by atoms with Crippen molar-refractivity contribution in [3.63, 3.8) is 0 Å². The molecule has 4 rings (SSSR count). The number of likely N-dealkylation sites (N-methyl/N-ethyl adjacent to an activating group) is 1. The first-order valence-electron chi connectivity index (χ1n) is 10.0. The minimum Gasteiger partial charge on any atom is -0.454 e.